The first-order valence-corrected chi connectivity index (χ1v) is 4.73. The SMILES string of the molecule is CC(C)N1C[C@@H](C)N(O)[C@H](C)C1. The summed E-state index contributed by atoms with van der Waals surface area (Å²) in [6.45, 7) is 10.5. The molecule has 1 heterocycles. The van der Waals surface area contributed by atoms with E-state index in [1.54, 1.807) is 0 Å². The van der Waals surface area contributed by atoms with Crippen molar-refractivity contribution in [1.29, 1.82) is 0 Å². The maximum Gasteiger partial charge on any atom is 0.0452 e. The molecular formula is C9H20N2O. The van der Waals surface area contributed by atoms with Crippen LogP contribution in [0.2, 0.25) is 0 Å². The molecular weight excluding hydrogens is 152 g/mol. The molecule has 72 valence electrons. The number of piperazine rings is 1. The van der Waals surface area contributed by atoms with E-state index in [1.165, 1.54) is 5.06 Å². The van der Waals surface area contributed by atoms with E-state index in [0.717, 1.165) is 13.1 Å². The van der Waals surface area contributed by atoms with E-state index in [-0.39, 0.29) is 12.1 Å². The molecule has 1 saturated heterocycles. The standard InChI is InChI=1S/C9H20N2O/c1-7(2)10-5-8(3)11(12)9(4)6-10/h7-9,12H,5-6H2,1-4H3/t8-,9-/m1/s1. The Morgan fingerprint density at radius 2 is 1.58 bits per heavy atom. The minimum atomic E-state index is 0.260. The molecule has 3 nitrogen and oxygen atoms in total. The molecule has 3 heteroatoms. The van der Waals surface area contributed by atoms with Gasteiger partial charge in [0.2, 0.25) is 0 Å². The summed E-state index contributed by atoms with van der Waals surface area (Å²) in [6.07, 6.45) is 0. The average molecular weight is 172 g/mol. The first-order valence-electron chi connectivity index (χ1n) is 4.73. The molecule has 1 rings (SSSR count). The van der Waals surface area contributed by atoms with Gasteiger partial charge in [-0.3, -0.25) is 4.90 Å². The van der Waals surface area contributed by atoms with Gasteiger partial charge < -0.3 is 5.21 Å². The van der Waals surface area contributed by atoms with E-state index in [9.17, 15) is 5.21 Å². The van der Waals surface area contributed by atoms with E-state index in [0.29, 0.717) is 6.04 Å². The molecule has 0 aromatic rings. The quantitative estimate of drug-likeness (QED) is 0.643. The fraction of sp³-hybridized carbons (Fsp3) is 1.00. The van der Waals surface area contributed by atoms with Crippen molar-refractivity contribution in [3.63, 3.8) is 0 Å². The Labute approximate surface area is 74.9 Å². The topological polar surface area (TPSA) is 26.7 Å². The first kappa shape index (κ1) is 9.96. The summed E-state index contributed by atoms with van der Waals surface area (Å²) < 4.78 is 0. The largest absolute Gasteiger partial charge is 0.313 e. The average Bonchev–Trinajstić information content (AvgIpc) is 1.99. The molecule has 0 spiro atoms. The molecule has 0 amide bonds. The van der Waals surface area contributed by atoms with Crippen LogP contribution < -0.4 is 0 Å². The summed E-state index contributed by atoms with van der Waals surface area (Å²) in [6, 6.07) is 1.11. The van der Waals surface area contributed by atoms with Crippen molar-refractivity contribution in [1.82, 2.24) is 9.96 Å². The zero-order valence-electron chi connectivity index (χ0n) is 8.49. The zero-order chi connectivity index (χ0) is 9.30. The van der Waals surface area contributed by atoms with Gasteiger partial charge in [0.25, 0.3) is 0 Å². The number of rotatable bonds is 1. The summed E-state index contributed by atoms with van der Waals surface area (Å²) in [7, 11) is 0. The van der Waals surface area contributed by atoms with Crippen LogP contribution in [-0.2, 0) is 0 Å². The molecule has 0 aromatic carbocycles. The minimum absolute atomic E-state index is 0.260. The Morgan fingerprint density at radius 3 is 1.92 bits per heavy atom. The Bertz CT molecular complexity index is 137. The molecule has 1 fully saturated rings. The Kier molecular flexibility index (Phi) is 3.09. The van der Waals surface area contributed by atoms with Crippen LogP contribution in [0, 0.1) is 0 Å². The van der Waals surface area contributed by atoms with Crippen LogP contribution in [0.3, 0.4) is 0 Å². The third-order valence-electron chi connectivity index (χ3n) is 2.63. The second kappa shape index (κ2) is 3.73. The van der Waals surface area contributed by atoms with Gasteiger partial charge in [-0.05, 0) is 27.7 Å². The maximum atomic E-state index is 9.55. The van der Waals surface area contributed by atoms with Crippen molar-refractivity contribution < 1.29 is 5.21 Å². The highest BCUT2D eigenvalue weighted by molar-refractivity contribution is 4.81. The Hall–Kier alpha value is -0.120. The van der Waals surface area contributed by atoms with E-state index >= 15 is 0 Å². The second-order valence-electron chi connectivity index (χ2n) is 4.13. The van der Waals surface area contributed by atoms with E-state index < -0.39 is 0 Å². The molecule has 0 aromatic heterocycles. The number of hydroxylamine groups is 2. The van der Waals surface area contributed by atoms with Crippen LogP contribution >= 0.6 is 0 Å². The maximum absolute atomic E-state index is 9.55. The zero-order valence-corrected chi connectivity index (χ0v) is 8.49. The lowest BCUT2D eigenvalue weighted by molar-refractivity contribution is -0.183. The lowest BCUT2D eigenvalue weighted by Gasteiger charge is -2.42. The highest BCUT2D eigenvalue weighted by Crippen LogP contribution is 2.14. The third-order valence-corrected chi connectivity index (χ3v) is 2.63. The van der Waals surface area contributed by atoms with Crippen LogP contribution in [0.1, 0.15) is 27.7 Å². The van der Waals surface area contributed by atoms with Crippen molar-refractivity contribution in [2.24, 2.45) is 0 Å². The molecule has 12 heavy (non-hydrogen) atoms. The fourth-order valence-electron chi connectivity index (χ4n) is 1.78. The third kappa shape index (κ3) is 1.97. The normalized spacial score (nSPS) is 34.5. The summed E-state index contributed by atoms with van der Waals surface area (Å²) in [5, 5.41) is 11.0. The minimum Gasteiger partial charge on any atom is -0.313 e. The van der Waals surface area contributed by atoms with Gasteiger partial charge >= 0.3 is 0 Å². The van der Waals surface area contributed by atoms with E-state index in [4.69, 9.17) is 0 Å². The van der Waals surface area contributed by atoms with Crippen LogP contribution in [0.4, 0.5) is 0 Å². The van der Waals surface area contributed by atoms with E-state index in [1.807, 2.05) is 0 Å². The van der Waals surface area contributed by atoms with Gasteiger partial charge in [-0.1, -0.05) is 0 Å². The molecule has 0 aliphatic carbocycles. The van der Waals surface area contributed by atoms with E-state index in [2.05, 4.69) is 32.6 Å². The van der Waals surface area contributed by atoms with Crippen molar-refractivity contribution in [2.45, 2.75) is 45.8 Å². The van der Waals surface area contributed by atoms with Gasteiger partial charge in [-0.2, -0.15) is 5.06 Å². The van der Waals surface area contributed by atoms with Gasteiger partial charge in [0.05, 0.1) is 0 Å². The van der Waals surface area contributed by atoms with Crippen molar-refractivity contribution in [3.8, 4) is 0 Å². The molecule has 1 aliphatic rings. The van der Waals surface area contributed by atoms with Crippen molar-refractivity contribution in [3.05, 3.63) is 0 Å². The van der Waals surface area contributed by atoms with Crippen molar-refractivity contribution in [2.75, 3.05) is 13.1 Å². The van der Waals surface area contributed by atoms with Crippen molar-refractivity contribution >= 4 is 0 Å². The summed E-state index contributed by atoms with van der Waals surface area (Å²) in [4.78, 5) is 2.40. The summed E-state index contributed by atoms with van der Waals surface area (Å²) in [5.41, 5.74) is 0. The molecule has 1 aliphatic heterocycles. The number of nitrogens with zero attached hydrogens (tertiary/aromatic N) is 2. The molecule has 2 atom stereocenters. The first-order chi connectivity index (χ1) is 5.52. The van der Waals surface area contributed by atoms with Gasteiger partial charge in [0.1, 0.15) is 0 Å². The highest BCUT2D eigenvalue weighted by Gasteiger charge is 2.28. The molecule has 0 bridgehead atoms. The summed E-state index contributed by atoms with van der Waals surface area (Å²) >= 11 is 0. The van der Waals surface area contributed by atoms with Crippen LogP contribution in [0.15, 0.2) is 0 Å². The van der Waals surface area contributed by atoms with Crippen LogP contribution in [0.5, 0.6) is 0 Å². The molecule has 0 saturated carbocycles. The van der Waals surface area contributed by atoms with Gasteiger partial charge in [0, 0.05) is 31.2 Å². The smallest absolute Gasteiger partial charge is 0.0452 e. The second-order valence-corrected chi connectivity index (χ2v) is 4.13. The predicted molar refractivity (Wildman–Crippen MR) is 49.3 cm³/mol. The van der Waals surface area contributed by atoms with Gasteiger partial charge in [-0.25, -0.2) is 0 Å². The Morgan fingerprint density at radius 1 is 1.17 bits per heavy atom. The Balaban J connectivity index is 2.53. The number of hydrogen-bond donors (Lipinski definition) is 1. The highest BCUT2D eigenvalue weighted by atomic mass is 16.5. The molecule has 1 N–H and O–H groups in total. The fourth-order valence-corrected chi connectivity index (χ4v) is 1.78. The molecule has 0 unspecified atom stereocenters. The monoisotopic (exact) mass is 172 g/mol. The predicted octanol–water partition coefficient (Wildman–Crippen LogP) is 1.18. The van der Waals surface area contributed by atoms with Crippen LogP contribution in [-0.4, -0.2) is 46.4 Å². The lowest BCUT2D eigenvalue weighted by atomic mass is 10.1. The van der Waals surface area contributed by atoms with Crippen LogP contribution in [0.25, 0.3) is 0 Å². The lowest BCUT2D eigenvalue weighted by Crippen LogP contribution is -2.56. The number of hydrogen-bond acceptors (Lipinski definition) is 3. The molecule has 0 radical (unpaired) electrons. The van der Waals surface area contributed by atoms with Gasteiger partial charge in [-0.15, -0.1) is 0 Å². The summed E-state index contributed by atoms with van der Waals surface area (Å²) in [5.74, 6) is 0. The van der Waals surface area contributed by atoms with Gasteiger partial charge in [0.15, 0.2) is 0 Å².